The quantitative estimate of drug-likeness (QED) is 0.839. The van der Waals surface area contributed by atoms with Crippen molar-refractivity contribution in [1.82, 2.24) is 4.90 Å². The number of aliphatic hydroxyl groups excluding tert-OH is 2. The van der Waals surface area contributed by atoms with Gasteiger partial charge in [-0.15, -0.1) is 0 Å². The van der Waals surface area contributed by atoms with Gasteiger partial charge in [0.1, 0.15) is 11.7 Å². The van der Waals surface area contributed by atoms with Crippen LogP contribution < -0.4 is 5.63 Å². The molecule has 0 bridgehead atoms. The van der Waals surface area contributed by atoms with Gasteiger partial charge in [0.25, 0.3) is 0 Å². The maximum Gasteiger partial charge on any atom is 0.339 e. The van der Waals surface area contributed by atoms with Crippen LogP contribution in [0.25, 0.3) is 11.0 Å². The molecule has 5 nitrogen and oxygen atoms in total. The van der Waals surface area contributed by atoms with E-state index >= 15 is 0 Å². The number of hydrogen-bond acceptors (Lipinski definition) is 5. The van der Waals surface area contributed by atoms with Crippen LogP contribution in [-0.2, 0) is 12.8 Å². The summed E-state index contributed by atoms with van der Waals surface area (Å²) >= 11 is 0. The summed E-state index contributed by atoms with van der Waals surface area (Å²) < 4.78 is 5.45. The summed E-state index contributed by atoms with van der Waals surface area (Å²) in [4.78, 5) is 14.0. The van der Waals surface area contributed by atoms with Crippen molar-refractivity contribution in [3.8, 4) is 0 Å². The molecule has 1 heterocycles. The maximum atomic E-state index is 12.2. The molecule has 2 aromatic rings. The van der Waals surface area contributed by atoms with Crippen molar-refractivity contribution < 1.29 is 14.6 Å². The van der Waals surface area contributed by atoms with E-state index in [0.717, 1.165) is 42.2 Å². The number of benzene rings is 1. The van der Waals surface area contributed by atoms with Crippen LogP contribution in [-0.4, -0.2) is 41.9 Å². The minimum atomic E-state index is -1.01. The Balaban J connectivity index is 2.16. The van der Waals surface area contributed by atoms with E-state index in [0.29, 0.717) is 17.7 Å². The Hall–Kier alpha value is -1.69. The van der Waals surface area contributed by atoms with Crippen LogP contribution in [0.4, 0.5) is 0 Å². The third-order valence-electron chi connectivity index (χ3n) is 4.51. The fraction of sp³-hybridized carbons (Fsp3) is 0.500. The SMILES string of the molecule is CN(C)CC(O)C(O)c1cccc2oc(=O)c3c(c12)CCCC3. The van der Waals surface area contributed by atoms with Gasteiger partial charge in [-0.2, -0.15) is 0 Å². The first-order valence-corrected chi connectivity index (χ1v) is 8.07. The zero-order valence-corrected chi connectivity index (χ0v) is 13.6. The van der Waals surface area contributed by atoms with Gasteiger partial charge >= 0.3 is 5.63 Å². The van der Waals surface area contributed by atoms with Crippen LogP contribution in [0.3, 0.4) is 0 Å². The number of rotatable bonds is 4. The topological polar surface area (TPSA) is 73.9 Å². The van der Waals surface area contributed by atoms with Crippen molar-refractivity contribution in [2.24, 2.45) is 0 Å². The van der Waals surface area contributed by atoms with Crippen molar-refractivity contribution in [2.75, 3.05) is 20.6 Å². The Kier molecular flexibility index (Phi) is 4.53. The maximum absolute atomic E-state index is 12.2. The number of fused-ring (bicyclic) bond motifs is 3. The molecule has 0 saturated heterocycles. The molecule has 1 aromatic carbocycles. The molecular formula is C18H23NO4. The predicted molar refractivity (Wildman–Crippen MR) is 88.6 cm³/mol. The first-order valence-electron chi connectivity index (χ1n) is 8.07. The highest BCUT2D eigenvalue weighted by atomic mass is 16.4. The monoisotopic (exact) mass is 317 g/mol. The van der Waals surface area contributed by atoms with E-state index < -0.39 is 12.2 Å². The lowest BCUT2D eigenvalue weighted by atomic mass is 9.87. The van der Waals surface area contributed by atoms with Crippen LogP contribution in [0, 0.1) is 0 Å². The van der Waals surface area contributed by atoms with Crippen LogP contribution in [0.1, 0.15) is 35.6 Å². The highest BCUT2D eigenvalue weighted by molar-refractivity contribution is 5.85. The minimum Gasteiger partial charge on any atom is -0.422 e. The number of aryl methyl sites for hydroxylation is 1. The molecule has 2 unspecified atom stereocenters. The highest BCUT2D eigenvalue weighted by Crippen LogP contribution is 2.33. The molecule has 0 aliphatic heterocycles. The van der Waals surface area contributed by atoms with Gasteiger partial charge in [0, 0.05) is 17.5 Å². The molecule has 5 heteroatoms. The fourth-order valence-corrected chi connectivity index (χ4v) is 3.45. The molecule has 0 amide bonds. The van der Waals surface area contributed by atoms with E-state index in [9.17, 15) is 15.0 Å². The van der Waals surface area contributed by atoms with Crippen LogP contribution >= 0.6 is 0 Å². The second-order valence-corrected chi connectivity index (χ2v) is 6.55. The van der Waals surface area contributed by atoms with Gasteiger partial charge in [-0.05, 0) is 57.0 Å². The van der Waals surface area contributed by atoms with E-state index in [-0.39, 0.29) is 5.63 Å². The van der Waals surface area contributed by atoms with E-state index in [4.69, 9.17) is 4.42 Å². The minimum absolute atomic E-state index is 0.271. The van der Waals surface area contributed by atoms with Gasteiger partial charge in [-0.1, -0.05) is 12.1 Å². The Labute approximate surface area is 135 Å². The molecule has 1 aliphatic rings. The van der Waals surface area contributed by atoms with Crippen LogP contribution in [0.15, 0.2) is 27.4 Å². The summed E-state index contributed by atoms with van der Waals surface area (Å²) in [7, 11) is 3.69. The summed E-state index contributed by atoms with van der Waals surface area (Å²) in [5.41, 5.74) is 2.57. The van der Waals surface area contributed by atoms with Crippen LogP contribution in [0.5, 0.6) is 0 Å². The van der Waals surface area contributed by atoms with Crippen molar-refractivity contribution in [2.45, 2.75) is 37.9 Å². The molecule has 1 aliphatic carbocycles. The lowest BCUT2D eigenvalue weighted by molar-refractivity contribution is 0.00501. The molecule has 0 fully saturated rings. The summed E-state index contributed by atoms with van der Waals surface area (Å²) in [6.07, 6.45) is 1.62. The Morgan fingerprint density at radius 3 is 2.57 bits per heavy atom. The molecule has 2 atom stereocenters. The second kappa shape index (κ2) is 6.43. The summed E-state index contributed by atoms with van der Waals surface area (Å²) in [6.45, 7) is 0.358. The van der Waals surface area contributed by atoms with Crippen molar-refractivity contribution in [3.05, 3.63) is 45.3 Å². The van der Waals surface area contributed by atoms with Gasteiger partial charge in [0.05, 0.1) is 6.10 Å². The lowest BCUT2D eigenvalue weighted by Gasteiger charge is -2.24. The molecule has 0 spiro atoms. The predicted octanol–water partition coefficient (Wildman–Crippen LogP) is 1.63. The number of aliphatic hydroxyl groups is 2. The third kappa shape index (κ3) is 3.04. The van der Waals surface area contributed by atoms with E-state index in [1.54, 1.807) is 18.2 Å². The number of nitrogens with zero attached hydrogens (tertiary/aromatic N) is 1. The smallest absolute Gasteiger partial charge is 0.339 e. The van der Waals surface area contributed by atoms with Gasteiger partial charge in [-0.25, -0.2) is 4.79 Å². The summed E-state index contributed by atoms with van der Waals surface area (Å²) in [6, 6.07) is 5.31. The molecule has 2 N–H and O–H groups in total. The highest BCUT2D eigenvalue weighted by Gasteiger charge is 2.25. The summed E-state index contributed by atoms with van der Waals surface area (Å²) in [5, 5.41) is 21.7. The first kappa shape index (κ1) is 16.2. The van der Waals surface area contributed by atoms with Gasteiger partial charge in [0.2, 0.25) is 0 Å². The average Bonchev–Trinajstić information content (AvgIpc) is 2.53. The van der Waals surface area contributed by atoms with E-state index in [1.165, 1.54) is 0 Å². The zero-order chi connectivity index (χ0) is 16.6. The Morgan fingerprint density at radius 2 is 1.87 bits per heavy atom. The van der Waals surface area contributed by atoms with Gasteiger partial charge < -0.3 is 19.5 Å². The largest absolute Gasteiger partial charge is 0.422 e. The fourth-order valence-electron chi connectivity index (χ4n) is 3.45. The molecule has 0 saturated carbocycles. The molecule has 0 radical (unpaired) electrons. The molecule has 3 rings (SSSR count). The molecule has 1 aromatic heterocycles. The third-order valence-corrected chi connectivity index (χ3v) is 4.51. The van der Waals surface area contributed by atoms with Crippen molar-refractivity contribution >= 4 is 11.0 Å². The Morgan fingerprint density at radius 1 is 1.17 bits per heavy atom. The van der Waals surface area contributed by atoms with Gasteiger partial charge in [-0.3, -0.25) is 0 Å². The van der Waals surface area contributed by atoms with Gasteiger partial charge in [0.15, 0.2) is 0 Å². The van der Waals surface area contributed by atoms with Crippen LogP contribution in [0.2, 0.25) is 0 Å². The molecular weight excluding hydrogens is 294 g/mol. The first-order chi connectivity index (χ1) is 11.0. The Bertz CT molecular complexity index is 765. The average molecular weight is 317 g/mol. The lowest BCUT2D eigenvalue weighted by Crippen LogP contribution is -2.31. The number of hydrogen-bond donors (Lipinski definition) is 2. The standard InChI is InChI=1S/C18H23NO4/c1-19(2)10-14(20)17(21)13-8-5-9-15-16(13)11-6-3-4-7-12(11)18(22)23-15/h5,8-9,14,17,20-21H,3-4,6-7,10H2,1-2H3. The second-order valence-electron chi connectivity index (χ2n) is 6.55. The van der Waals surface area contributed by atoms with E-state index in [2.05, 4.69) is 0 Å². The van der Waals surface area contributed by atoms with Crippen molar-refractivity contribution in [1.29, 1.82) is 0 Å². The normalized spacial score (nSPS) is 17.3. The molecule has 124 valence electrons. The molecule has 23 heavy (non-hydrogen) atoms. The summed E-state index contributed by atoms with van der Waals surface area (Å²) in [5.74, 6) is 0. The van der Waals surface area contributed by atoms with E-state index in [1.807, 2.05) is 19.0 Å². The zero-order valence-electron chi connectivity index (χ0n) is 13.6. The van der Waals surface area contributed by atoms with Crippen molar-refractivity contribution in [3.63, 3.8) is 0 Å². The number of likely N-dealkylation sites (N-methyl/N-ethyl adjacent to an activating group) is 1.